The number of aliphatic imine (C=N–C) groups is 1. The zero-order chi connectivity index (χ0) is 12.0. The van der Waals surface area contributed by atoms with E-state index in [4.69, 9.17) is 4.74 Å². The molecule has 1 heterocycles. The summed E-state index contributed by atoms with van der Waals surface area (Å²) in [7, 11) is 0. The summed E-state index contributed by atoms with van der Waals surface area (Å²) in [4.78, 5) is 4.51. The van der Waals surface area contributed by atoms with Crippen LogP contribution in [0.5, 0.6) is 0 Å². The van der Waals surface area contributed by atoms with Crippen LogP contribution in [0.4, 0.5) is 0 Å². The van der Waals surface area contributed by atoms with E-state index in [2.05, 4.69) is 38.0 Å². The number of rotatable bonds is 6. The molecule has 0 aromatic carbocycles. The number of hydrogen-bond acceptors (Lipinski definition) is 3. The van der Waals surface area contributed by atoms with Crippen molar-refractivity contribution < 1.29 is 4.74 Å². The largest absolute Gasteiger partial charge is 0.379 e. The quantitative estimate of drug-likeness (QED) is 0.729. The predicted molar refractivity (Wildman–Crippen MR) is 72.2 cm³/mol. The van der Waals surface area contributed by atoms with Crippen molar-refractivity contribution in [1.29, 1.82) is 0 Å². The zero-order valence-electron chi connectivity index (χ0n) is 10.9. The van der Waals surface area contributed by atoms with E-state index in [1.807, 2.05) is 11.8 Å². The highest BCUT2D eigenvalue weighted by Crippen LogP contribution is 2.25. The third-order valence-corrected chi connectivity index (χ3v) is 3.94. The van der Waals surface area contributed by atoms with Gasteiger partial charge in [0.1, 0.15) is 0 Å². The van der Waals surface area contributed by atoms with Gasteiger partial charge in [-0.15, -0.1) is 0 Å². The molecular weight excluding hydrogens is 220 g/mol. The maximum absolute atomic E-state index is 5.49. The average Bonchev–Trinajstić information content (AvgIpc) is 2.61. The molecule has 1 N–H and O–H groups in total. The molecule has 0 aromatic heterocycles. The van der Waals surface area contributed by atoms with Crippen molar-refractivity contribution in [2.45, 2.75) is 39.7 Å². The van der Waals surface area contributed by atoms with E-state index in [1.165, 1.54) is 0 Å². The van der Waals surface area contributed by atoms with Gasteiger partial charge in [0.15, 0.2) is 5.17 Å². The molecule has 0 saturated carbocycles. The Labute approximate surface area is 103 Å². The van der Waals surface area contributed by atoms with E-state index in [1.54, 1.807) is 0 Å². The molecule has 16 heavy (non-hydrogen) atoms. The first-order valence-corrected chi connectivity index (χ1v) is 7.07. The number of hydrogen-bond donors (Lipinski definition) is 1. The minimum atomic E-state index is 0.238. The summed E-state index contributed by atoms with van der Waals surface area (Å²) in [5.41, 5.74) is 0.238. The summed E-state index contributed by atoms with van der Waals surface area (Å²) in [6.45, 7) is 11.1. The van der Waals surface area contributed by atoms with Crippen LogP contribution in [0.2, 0.25) is 0 Å². The molecule has 94 valence electrons. The summed E-state index contributed by atoms with van der Waals surface area (Å²) < 4.78 is 5.49. The lowest BCUT2D eigenvalue weighted by molar-refractivity contribution is 0.117. The fourth-order valence-corrected chi connectivity index (χ4v) is 2.60. The monoisotopic (exact) mass is 244 g/mol. The number of nitrogens with one attached hydrogen (secondary N) is 1. The smallest absolute Gasteiger partial charge is 0.157 e. The maximum atomic E-state index is 5.49. The fourth-order valence-electron chi connectivity index (χ4n) is 1.36. The minimum absolute atomic E-state index is 0.238. The molecule has 1 saturated heterocycles. The second kappa shape index (κ2) is 6.50. The van der Waals surface area contributed by atoms with Gasteiger partial charge < -0.3 is 10.1 Å². The summed E-state index contributed by atoms with van der Waals surface area (Å²) in [6, 6.07) is 0. The molecule has 1 rings (SSSR count). The Kier molecular flexibility index (Phi) is 5.62. The lowest BCUT2D eigenvalue weighted by atomic mass is 10.0. The van der Waals surface area contributed by atoms with Gasteiger partial charge in [0.2, 0.25) is 0 Å². The van der Waals surface area contributed by atoms with Gasteiger partial charge in [-0.3, -0.25) is 4.99 Å². The molecule has 1 aliphatic rings. The summed E-state index contributed by atoms with van der Waals surface area (Å²) in [6.07, 6.45) is 1.14. The third-order valence-electron chi connectivity index (χ3n) is 2.66. The Morgan fingerprint density at radius 2 is 2.31 bits per heavy atom. The molecule has 3 nitrogen and oxygen atoms in total. The van der Waals surface area contributed by atoms with Gasteiger partial charge >= 0.3 is 0 Å². The van der Waals surface area contributed by atoms with Gasteiger partial charge in [-0.05, 0) is 19.3 Å². The SMILES string of the molecule is CCC1(C)CSC(=NCCOCC(C)C)N1. The van der Waals surface area contributed by atoms with Crippen molar-refractivity contribution in [2.75, 3.05) is 25.5 Å². The number of thioether (sulfide) groups is 1. The summed E-state index contributed by atoms with van der Waals surface area (Å²) in [5, 5.41) is 4.56. The van der Waals surface area contributed by atoms with Crippen molar-refractivity contribution >= 4 is 16.9 Å². The first kappa shape index (κ1) is 13.8. The van der Waals surface area contributed by atoms with Crippen LogP contribution < -0.4 is 5.32 Å². The Hall–Kier alpha value is -0.220. The molecule has 4 heteroatoms. The predicted octanol–water partition coefficient (Wildman–Crippen LogP) is 2.52. The zero-order valence-corrected chi connectivity index (χ0v) is 11.7. The van der Waals surface area contributed by atoms with Gasteiger partial charge in [-0.1, -0.05) is 32.5 Å². The van der Waals surface area contributed by atoms with Crippen molar-refractivity contribution in [3.8, 4) is 0 Å². The van der Waals surface area contributed by atoms with Crippen LogP contribution >= 0.6 is 11.8 Å². The van der Waals surface area contributed by atoms with E-state index < -0.39 is 0 Å². The topological polar surface area (TPSA) is 33.6 Å². The molecule has 1 aliphatic heterocycles. The summed E-state index contributed by atoms with van der Waals surface area (Å²) >= 11 is 1.82. The number of nitrogens with zero attached hydrogens (tertiary/aromatic N) is 1. The van der Waals surface area contributed by atoms with Gasteiger partial charge in [0, 0.05) is 17.9 Å². The second-order valence-corrected chi connectivity index (χ2v) is 5.95. The van der Waals surface area contributed by atoms with Crippen LogP contribution in [-0.2, 0) is 4.74 Å². The second-order valence-electron chi connectivity index (χ2n) is 4.98. The van der Waals surface area contributed by atoms with Crippen molar-refractivity contribution in [3.63, 3.8) is 0 Å². The maximum Gasteiger partial charge on any atom is 0.157 e. The standard InChI is InChI=1S/C12H24N2OS/c1-5-12(4)9-16-11(14-12)13-6-7-15-8-10(2)3/h10H,5-9H2,1-4H3,(H,13,14). The number of amidine groups is 1. The average molecular weight is 244 g/mol. The van der Waals surface area contributed by atoms with E-state index in [0.29, 0.717) is 5.92 Å². The Balaban J connectivity index is 2.17. The first-order valence-electron chi connectivity index (χ1n) is 6.09. The Morgan fingerprint density at radius 3 is 2.88 bits per heavy atom. The van der Waals surface area contributed by atoms with Gasteiger partial charge in [-0.2, -0.15) is 0 Å². The van der Waals surface area contributed by atoms with E-state index in [9.17, 15) is 0 Å². The van der Waals surface area contributed by atoms with Crippen molar-refractivity contribution in [2.24, 2.45) is 10.9 Å². The van der Waals surface area contributed by atoms with Crippen LogP contribution in [0.15, 0.2) is 4.99 Å². The lowest BCUT2D eigenvalue weighted by Crippen LogP contribution is -2.39. The van der Waals surface area contributed by atoms with Crippen LogP contribution in [0.25, 0.3) is 0 Å². The number of ether oxygens (including phenoxy) is 1. The van der Waals surface area contributed by atoms with Crippen LogP contribution in [0.1, 0.15) is 34.1 Å². The van der Waals surface area contributed by atoms with Crippen molar-refractivity contribution in [1.82, 2.24) is 5.32 Å². The van der Waals surface area contributed by atoms with Crippen molar-refractivity contribution in [3.05, 3.63) is 0 Å². The molecular formula is C12H24N2OS. The lowest BCUT2D eigenvalue weighted by Gasteiger charge is -2.20. The minimum Gasteiger partial charge on any atom is -0.379 e. The molecule has 1 atom stereocenters. The molecule has 0 aliphatic carbocycles. The highest BCUT2D eigenvalue weighted by molar-refractivity contribution is 8.14. The summed E-state index contributed by atoms with van der Waals surface area (Å²) in [5.74, 6) is 1.73. The molecule has 0 amide bonds. The molecule has 0 spiro atoms. The van der Waals surface area contributed by atoms with Crippen LogP contribution in [0, 0.1) is 5.92 Å². The van der Waals surface area contributed by atoms with Gasteiger partial charge in [0.05, 0.1) is 13.2 Å². The molecule has 1 fully saturated rings. The van der Waals surface area contributed by atoms with Gasteiger partial charge in [-0.25, -0.2) is 0 Å². The van der Waals surface area contributed by atoms with Crippen LogP contribution in [-0.4, -0.2) is 36.2 Å². The van der Waals surface area contributed by atoms with Gasteiger partial charge in [0.25, 0.3) is 0 Å². The first-order chi connectivity index (χ1) is 7.56. The third kappa shape index (κ3) is 4.74. The van der Waals surface area contributed by atoms with E-state index in [-0.39, 0.29) is 5.54 Å². The molecule has 0 bridgehead atoms. The van der Waals surface area contributed by atoms with Crippen LogP contribution in [0.3, 0.4) is 0 Å². The highest BCUT2D eigenvalue weighted by Gasteiger charge is 2.30. The molecule has 0 radical (unpaired) electrons. The highest BCUT2D eigenvalue weighted by atomic mass is 32.2. The normalized spacial score (nSPS) is 27.7. The molecule has 0 aromatic rings. The Morgan fingerprint density at radius 1 is 1.56 bits per heavy atom. The van der Waals surface area contributed by atoms with E-state index in [0.717, 1.165) is 37.1 Å². The fraction of sp³-hybridized carbons (Fsp3) is 0.917. The molecule has 1 unspecified atom stereocenters. The Bertz CT molecular complexity index is 243. The van der Waals surface area contributed by atoms with E-state index >= 15 is 0 Å².